The van der Waals surface area contributed by atoms with Crippen LogP contribution in [0.3, 0.4) is 0 Å². The Morgan fingerprint density at radius 2 is 1.71 bits per heavy atom. The van der Waals surface area contributed by atoms with Gasteiger partial charge in [0.05, 0.1) is 24.3 Å². The van der Waals surface area contributed by atoms with E-state index in [1.165, 1.54) is 16.5 Å². The number of amides is 3. The summed E-state index contributed by atoms with van der Waals surface area (Å²) in [6.45, 7) is 8.00. The van der Waals surface area contributed by atoms with Crippen molar-refractivity contribution in [3.8, 4) is 0 Å². The second-order valence-corrected chi connectivity index (χ2v) is 8.04. The molecule has 2 aromatic rings. The fraction of sp³-hybridized carbons (Fsp3) is 0.375. The van der Waals surface area contributed by atoms with E-state index in [0.29, 0.717) is 28.8 Å². The molecule has 2 heterocycles. The fourth-order valence-electron chi connectivity index (χ4n) is 3.90. The normalized spacial score (nSPS) is 17.5. The first-order chi connectivity index (χ1) is 15.0. The number of benzene rings is 2. The van der Waals surface area contributed by atoms with Crippen LogP contribution in [-0.4, -0.2) is 59.9 Å². The number of rotatable bonds is 6. The van der Waals surface area contributed by atoms with Gasteiger partial charge >= 0.3 is 0 Å². The van der Waals surface area contributed by atoms with E-state index < -0.39 is 0 Å². The van der Waals surface area contributed by atoms with Crippen LogP contribution in [-0.2, 0) is 11.3 Å². The molecule has 0 bridgehead atoms. The number of nitrogens with one attached hydrogen (secondary N) is 1. The van der Waals surface area contributed by atoms with Gasteiger partial charge in [-0.2, -0.15) is 0 Å². The van der Waals surface area contributed by atoms with Gasteiger partial charge in [-0.1, -0.05) is 19.1 Å². The quantitative estimate of drug-likeness (QED) is 0.725. The molecule has 7 heteroatoms. The lowest BCUT2D eigenvalue weighted by atomic mass is 10.1. The highest BCUT2D eigenvalue weighted by atomic mass is 16.5. The Bertz CT molecular complexity index is 996. The van der Waals surface area contributed by atoms with Crippen molar-refractivity contribution in [2.45, 2.75) is 32.9 Å². The summed E-state index contributed by atoms with van der Waals surface area (Å²) >= 11 is 0. The van der Waals surface area contributed by atoms with E-state index >= 15 is 0 Å². The summed E-state index contributed by atoms with van der Waals surface area (Å²) in [5.74, 6) is -0.945. The number of carbonyl (C=O) groups is 3. The molecule has 31 heavy (non-hydrogen) atoms. The van der Waals surface area contributed by atoms with Crippen LogP contribution in [0.15, 0.2) is 42.5 Å². The first-order valence-electron chi connectivity index (χ1n) is 10.7. The van der Waals surface area contributed by atoms with E-state index in [9.17, 15) is 14.4 Å². The minimum atomic E-state index is -0.337. The van der Waals surface area contributed by atoms with Crippen LogP contribution in [0, 0.1) is 0 Å². The predicted molar refractivity (Wildman–Crippen MR) is 117 cm³/mol. The molecular formula is C24H27N3O4. The molecule has 2 aliphatic rings. The zero-order valence-electron chi connectivity index (χ0n) is 17.9. The lowest BCUT2D eigenvalue weighted by Crippen LogP contribution is -2.37. The molecule has 0 aromatic heterocycles. The van der Waals surface area contributed by atoms with Gasteiger partial charge in [0.2, 0.25) is 0 Å². The Balaban J connectivity index is 1.43. The summed E-state index contributed by atoms with van der Waals surface area (Å²) < 4.78 is 5.37. The Labute approximate surface area is 182 Å². The molecule has 1 N–H and O–H groups in total. The summed E-state index contributed by atoms with van der Waals surface area (Å²) in [5.41, 5.74) is 2.85. The Morgan fingerprint density at radius 1 is 1.03 bits per heavy atom. The van der Waals surface area contributed by atoms with E-state index in [2.05, 4.69) is 10.2 Å². The lowest BCUT2D eigenvalue weighted by Gasteiger charge is -2.26. The number of hydrogen-bond acceptors (Lipinski definition) is 5. The summed E-state index contributed by atoms with van der Waals surface area (Å²) in [6, 6.07) is 12.2. The summed E-state index contributed by atoms with van der Waals surface area (Å²) in [7, 11) is 0. The Morgan fingerprint density at radius 3 is 2.39 bits per heavy atom. The maximum atomic E-state index is 12.7. The maximum absolute atomic E-state index is 12.7. The van der Waals surface area contributed by atoms with Crippen molar-refractivity contribution in [2.75, 3.05) is 31.6 Å². The molecule has 1 atom stereocenters. The number of nitrogens with zero attached hydrogens (tertiary/aromatic N) is 2. The average Bonchev–Trinajstić information content (AvgIpc) is 3.05. The highest BCUT2D eigenvalue weighted by molar-refractivity contribution is 6.22. The summed E-state index contributed by atoms with van der Waals surface area (Å²) in [5, 5.41) is 2.87. The van der Waals surface area contributed by atoms with Crippen molar-refractivity contribution in [3.05, 3.63) is 64.7 Å². The van der Waals surface area contributed by atoms with Crippen molar-refractivity contribution in [2.24, 2.45) is 0 Å². The van der Waals surface area contributed by atoms with E-state index in [0.717, 1.165) is 32.8 Å². The van der Waals surface area contributed by atoms with Crippen LogP contribution in [0.5, 0.6) is 0 Å². The molecule has 0 radical (unpaired) electrons. The largest absolute Gasteiger partial charge is 0.379 e. The SMILES string of the molecule is CCC(C)N1C(=O)c2ccc(C(=O)Nc3ccc(CN4CCOCC4)cc3)cc2C1=O. The zero-order valence-corrected chi connectivity index (χ0v) is 17.9. The number of fused-ring (bicyclic) bond motifs is 1. The van der Waals surface area contributed by atoms with Crippen LogP contribution < -0.4 is 5.32 Å². The van der Waals surface area contributed by atoms with Gasteiger partial charge in [-0.25, -0.2) is 0 Å². The molecule has 1 saturated heterocycles. The van der Waals surface area contributed by atoms with Gasteiger partial charge in [0, 0.05) is 36.9 Å². The third-order valence-corrected chi connectivity index (χ3v) is 5.93. The maximum Gasteiger partial charge on any atom is 0.261 e. The van der Waals surface area contributed by atoms with E-state index in [-0.39, 0.29) is 23.8 Å². The first-order valence-corrected chi connectivity index (χ1v) is 10.7. The molecule has 2 aliphatic heterocycles. The number of anilines is 1. The lowest BCUT2D eigenvalue weighted by molar-refractivity contribution is 0.0342. The van der Waals surface area contributed by atoms with Crippen molar-refractivity contribution < 1.29 is 19.1 Å². The van der Waals surface area contributed by atoms with Crippen molar-refractivity contribution in [3.63, 3.8) is 0 Å². The van der Waals surface area contributed by atoms with Gasteiger partial charge in [0.25, 0.3) is 17.7 Å². The van der Waals surface area contributed by atoms with E-state index in [1.54, 1.807) is 12.1 Å². The Hall–Kier alpha value is -3.03. The van der Waals surface area contributed by atoms with Gasteiger partial charge < -0.3 is 10.1 Å². The molecule has 162 valence electrons. The third-order valence-electron chi connectivity index (χ3n) is 5.93. The molecule has 7 nitrogen and oxygen atoms in total. The number of carbonyl (C=O) groups excluding carboxylic acids is 3. The summed E-state index contributed by atoms with van der Waals surface area (Å²) in [4.78, 5) is 41.6. The number of imide groups is 1. The van der Waals surface area contributed by atoms with Crippen LogP contribution in [0.4, 0.5) is 5.69 Å². The van der Waals surface area contributed by atoms with Crippen molar-refractivity contribution in [1.29, 1.82) is 0 Å². The minimum Gasteiger partial charge on any atom is -0.379 e. The monoisotopic (exact) mass is 421 g/mol. The Kier molecular flexibility index (Phi) is 6.15. The first kappa shape index (κ1) is 21.2. The van der Waals surface area contributed by atoms with Crippen LogP contribution in [0.1, 0.15) is 56.9 Å². The van der Waals surface area contributed by atoms with Gasteiger partial charge in [0.1, 0.15) is 0 Å². The second-order valence-electron chi connectivity index (χ2n) is 8.04. The predicted octanol–water partition coefficient (Wildman–Crippen LogP) is 3.17. The standard InChI is InChI=1S/C24H27N3O4/c1-3-16(2)27-23(29)20-9-6-18(14-21(20)24(27)30)22(28)25-19-7-4-17(5-8-19)15-26-10-12-31-13-11-26/h4-9,14,16H,3,10-13,15H2,1-2H3,(H,25,28). The minimum absolute atomic E-state index is 0.180. The highest BCUT2D eigenvalue weighted by Crippen LogP contribution is 2.27. The van der Waals surface area contributed by atoms with E-state index in [1.807, 2.05) is 38.1 Å². The molecule has 0 aliphatic carbocycles. The smallest absolute Gasteiger partial charge is 0.261 e. The fourth-order valence-corrected chi connectivity index (χ4v) is 3.90. The number of morpholine rings is 1. The molecule has 0 saturated carbocycles. The molecule has 4 rings (SSSR count). The van der Waals surface area contributed by atoms with E-state index in [4.69, 9.17) is 4.74 Å². The van der Waals surface area contributed by atoms with Gasteiger partial charge in [-0.3, -0.25) is 24.2 Å². The molecule has 3 amide bonds. The molecule has 1 unspecified atom stereocenters. The third kappa shape index (κ3) is 4.38. The number of ether oxygens (including phenoxy) is 1. The van der Waals surface area contributed by atoms with Crippen molar-refractivity contribution in [1.82, 2.24) is 9.80 Å². The average molecular weight is 421 g/mol. The van der Waals surface area contributed by atoms with Crippen molar-refractivity contribution >= 4 is 23.4 Å². The van der Waals surface area contributed by atoms with Crippen LogP contribution in [0.25, 0.3) is 0 Å². The van der Waals surface area contributed by atoms with Gasteiger partial charge in [0.15, 0.2) is 0 Å². The zero-order chi connectivity index (χ0) is 22.0. The number of hydrogen-bond donors (Lipinski definition) is 1. The second kappa shape index (κ2) is 8.99. The van der Waals surface area contributed by atoms with Gasteiger partial charge in [-0.15, -0.1) is 0 Å². The van der Waals surface area contributed by atoms with Gasteiger partial charge in [-0.05, 0) is 49.2 Å². The van der Waals surface area contributed by atoms with Crippen LogP contribution in [0.2, 0.25) is 0 Å². The highest BCUT2D eigenvalue weighted by Gasteiger charge is 2.38. The van der Waals surface area contributed by atoms with Crippen LogP contribution >= 0.6 is 0 Å². The molecule has 2 aromatic carbocycles. The molecule has 0 spiro atoms. The summed E-state index contributed by atoms with van der Waals surface area (Å²) in [6.07, 6.45) is 0.681. The molecular weight excluding hydrogens is 394 g/mol. The molecule has 1 fully saturated rings. The topological polar surface area (TPSA) is 79.0 Å².